The molecule has 0 radical (unpaired) electrons. The van der Waals surface area contributed by atoms with Crippen LogP contribution < -0.4 is 33.2 Å². The van der Waals surface area contributed by atoms with Crippen molar-refractivity contribution in [2.24, 2.45) is 0 Å². The number of rotatable bonds is 42. The highest BCUT2D eigenvalue weighted by Gasteiger charge is 2.17. The summed E-state index contributed by atoms with van der Waals surface area (Å²) in [4.78, 5) is 0. The molecule has 530 valence electrons. The number of halogens is 3. The zero-order valence-electron chi connectivity index (χ0n) is 59.0. The first-order valence-corrected chi connectivity index (χ1v) is 37.2. The van der Waals surface area contributed by atoms with Crippen LogP contribution in [0.25, 0.3) is 10.8 Å². The Balaban J connectivity index is 0.841. The lowest BCUT2D eigenvalue weighted by Crippen LogP contribution is -2.11. The number of benzene rings is 10. The van der Waals surface area contributed by atoms with E-state index in [1.165, 1.54) is 60.4 Å². The Morgan fingerprint density at radius 1 is 0.327 bits per heavy atom. The van der Waals surface area contributed by atoms with E-state index in [0.29, 0.717) is 99.0 Å². The molecule has 10 aromatic carbocycles. The molecule has 0 saturated heterocycles. The van der Waals surface area contributed by atoms with Crippen LogP contribution in [0.3, 0.4) is 0 Å². The molecule has 10 aromatic rings. The Labute approximate surface area is 619 Å². The van der Waals surface area contributed by atoms with Gasteiger partial charge in [-0.2, -0.15) is 0 Å². The summed E-state index contributed by atoms with van der Waals surface area (Å²) in [5.74, 6) is 4.64. The van der Waals surface area contributed by atoms with Crippen molar-refractivity contribution < 1.29 is 52.1 Å². The molecule has 0 N–H and O–H groups in total. The Hall–Kier alpha value is -7.85. The molecule has 0 aliphatic carbocycles. The van der Waals surface area contributed by atoms with Gasteiger partial charge in [0, 0.05) is 21.6 Å². The van der Waals surface area contributed by atoms with Crippen molar-refractivity contribution in [2.75, 3.05) is 33.0 Å². The molecule has 11 nitrogen and oxygen atoms in total. The van der Waals surface area contributed by atoms with Crippen molar-refractivity contribution in [3.05, 3.63) is 287 Å². The van der Waals surface area contributed by atoms with E-state index in [1.807, 2.05) is 115 Å². The van der Waals surface area contributed by atoms with Gasteiger partial charge in [0.1, 0.15) is 84.4 Å². The van der Waals surface area contributed by atoms with Gasteiger partial charge in [-0.25, -0.2) is 0 Å². The fourth-order valence-electron chi connectivity index (χ4n) is 11.6. The highest BCUT2D eigenvalue weighted by molar-refractivity contribution is 9.11. The van der Waals surface area contributed by atoms with Gasteiger partial charge in [0.15, 0.2) is 0 Å². The fraction of sp³-hybridized carbons (Fsp3) is 0.333. The minimum absolute atomic E-state index is 0.0452. The van der Waals surface area contributed by atoms with Gasteiger partial charge in [0.2, 0.25) is 0 Å². The number of aryl methyl sites for hydroxylation is 1. The number of ether oxygens (including phenoxy) is 11. The molecular weight excluding hydrogens is 1420 g/mol. The topological polar surface area (TPSA) is 102 Å². The fourth-order valence-corrected chi connectivity index (χ4v) is 12.5. The first-order valence-electron chi connectivity index (χ1n) is 35.3. The Bertz CT molecular complexity index is 4170. The van der Waals surface area contributed by atoms with Crippen LogP contribution in [0.15, 0.2) is 215 Å². The van der Waals surface area contributed by atoms with Gasteiger partial charge in [-0.15, -0.1) is 0 Å². The van der Waals surface area contributed by atoms with Crippen molar-refractivity contribution in [1.29, 1.82) is 0 Å². The first-order chi connectivity index (χ1) is 49.2. The summed E-state index contributed by atoms with van der Waals surface area (Å²) in [6, 6.07) is 69.4. The van der Waals surface area contributed by atoms with E-state index in [1.54, 1.807) is 0 Å². The molecule has 0 heterocycles. The SMILES string of the molecule is CCCCCCCCCCOc1cc(COCc2ccc3ccccc3c2)cc(OCCOc2cc(COCc3cc(OCCOCc4ccccc4C)cc(OCc4ccc(Br)cc4)c3)cc(COCc3cc(OCc4ccc(C(C)(C)C)cc4)cc(OCc4cccc(Cl)c4)c3)c2)c1Br. The Morgan fingerprint density at radius 2 is 0.782 bits per heavy atom. The molecule has 0 aliphatic heterocycles. The Kier molecular flexibility index (Phi) is 30.1. The molecule has 10 rings (SSSR count). The van der Waals surface area contributed by atoms with Crippen molar-refractivity contribution in [2.45, 2.75) is 157 Å². The lowest BCUT2D eigenvalue weighted by Gasteiger charge is -2.19. The average molecular weight is 1510 g/mol. The van der Waals surface area contributed by atoms with Crippen molar-refractivity contribution >= 4 is 54.2 Å². The molecule has 0 atom stereocenters. The van der Waals surface area contributed by atoms with Crippen LogP contribution in [0.4, 0.5) is 0 Å². The van der Waals surface area contributed by atoms with Gasteiger partial charge in [0.25, 0.3) is 0 Å². The zero-order valence-corrected chi connectivity index (χ0v) is 62.9. The maximum Gasteiger partial charge on any atom is 0.137 e. The summed E-state index contributed by atoms with van der Waals surface area (Å²) >= 11 is 13.8. The highest BCUT2D eigenvalue weighted by Crippen LogP contribution is 2.38. The second-order valence-corrected chi connectivity index (χ2v) is 28.7. The summed E-state index contributed by atoms with van der Waals surface area (Å²) in [5.41, 5.74) is 12.3. The van der Waals surface area contributed by atoms with E-state index in [2.05, 4.69) is 157 Å². The third-order valence-electron chi connectivity index (χ3n) is 17.1. The van der Waals surface area contributed by atoms with Gasteiger partial charge in [-0.3, -0.25) is 0 Å². The zero-order chi connectivity index (χ0) is 70.4. The van der Waals surface area contributed by atoms with Gasteiger partial charge in [0.05, 0.1) is 59.5 Å². The average Bonchev–Trinajstić information content (AvgIpc) is 0.862. The summed E-state index contributed by atoms with van der Waals surface area (Å²) < 4.78 is 72.5. The van der Waals surface area contributed by atoms with Crippen molar-refractivity contribution in [3.63, 3.8) is 0 Å². The second kappa shape index (κ2) is 40.1. The normalized spacial score (nSPS) is 11.4. The van der Waals surface area contributed by atoms with Crippen LogP contribution >= 0.6 is 43.5 Å². The molecular formula is C87H95Br2ClO11. The van der Waals surface area contributed by atoms with Crippen LogP contribution in [0.1, 0.15) is 146 Å². The molecule has 0 aliphatic rings. The first kappa shape index (κ1) is 75.8. The van der Waals surface area contributed by atoms with Crippen molar-refractivity contribution in [3.8, 4) is 40.2 Å². The van der Waals surface area contributed by atoms with Gasteiger partial charge < -0.3 is 52.1 Å². The quantitative estimate of drug-likeness (QED) is 0.0342. The number of hydrogen-bond acceptors (Lipinski definition) is 11. The predicted octanol–water partition coefficient (Wildman–Crippen LogP) is 23.1. The molecule has 0 amide bonds. The molecule has 0 fully saturated rings. The lowest BCUT2D eigenvalue weighted by molar-refractivity contribution is 0.0880. The maximum absolute atomic E-state index is 6.60. The number of fused-ring (bicyclic) bond motifs is 1. The van der Waals surface area contributed by atoms with E-state index in [4.69, 9.17) is 63.7 Å². The molecule has 0 aromatic heterocycles. The minimum atomic E-state index is 0.0452. The third kappa shape index (κ3) is 25.9. The van der Waals surface area contributed by atoms with E-state index in [-0.39, 0.29) is 45.1 Å². The van der Waals surface area contributed by atoms with Crippen LogP contribution in [-0.4, -0.2) is 33.0 Å². The van der Waals surface area contributed by atoms with E-state index in [9.17, 15) is 0 Å². The smallest absolute Gasteiger partial charge is 0.137 e. The van der Waals surface area contributed by atoms with Crippen LogP contribution in [-0.2, 0) is 90.4 Å². The largest absolute Gasteiger partial charge is 0.492 e. The summed E-state index contributed by atoms with van der Waals surface area (Å²) in [7, 11) is 0. The number of unbranched alkanes of at least 4 members (excludes halogenated alkanes) is 7. The number of hydrogen-bond donors (Lipinski definition) is 0. The van der Waals surface area contributed by atoms with Gasteiger partial charge in [-0.05, 0) is 191 Å². The molecule has 14 heteroatoms. The van der Waals surface area contributed by atoms with E-state index >= 15 is 0 Å². The summed E-state index contributed by atoms with van der Waals surface area (Å²) in [6.07, 6.45) is 9.73. The molecule has 101 heavy (non-hydrogen) atoms. The maximum atomic E-state index is 6.60. The van der Waals surface area contributed by atoms with E-state index < -0.39 is 0 Å². The Morgan fingerprint density at radius 3 is 1.37 bits per heavy atom. The predicted molar refractivity (Wildman–Crippen MR) is 412 cm³/mol. The third-order valence-corrected chi connectivity index (χ3v) is 18.7. The summed E-state index contributed by atoms with van der Waals surface area (Å²) in [6.45, 7) is 16.4. The minimum Gasteiger partial charge on any atom is -0.492 e. The van der Waals surface area contributed by atoms with Gasteiger partial charge >= 0.3 is 0 Å². The van der Waals surface area contributed by atoms with Crippen LogP contribution in [0.5, 0.6) is 40.2 Å². The van der Waals surface area contributed by atoms with Gasteiger partial charge in [-0.1, -0.05) is 215 Å². The van der Waals surface area contributed by atoms with Crippen LogP contribution in [0, 0.1) is 6.92 Å². The summed E-state index contributed by atoms with van der Waals surface area (Å²) in [5, 5.41) is 3.04. The molecule has 0 spiro atoms. The van der Waals surface area contributed by atoms with Crippen LogP contribution in [0.2, 0.25) is 5.02 Å². The monoisotopic (exact) mass is 1510 g/mol. The molecule has 0 saturated carbocycles. The lowest BCUT2D eigenvalue weighted by atomic mass is 9.87. The van der Waals surface area contributed by atoms with E-state index in [0.717, 1.165) is 83.2 Å². The van der Waals surface area contributed by atoms with Crippen molar-refractivity contribution in [1.82, 2.24) is 0 Å². The molecule has 0 bridgehead atoms. The highest BCUT2D eigenvalue weighted by atomic mass is 79.9. The standard InChI is InChI=1S/C87H95Br2ClO11/c1-6-7-8-9-10-11-12-17-35-97-84-49-72(58-92-53-67-25-30-73-21-15-16-22-74(73)41-67)50-85(86(84)89)98-39-38-96-79-43-68(54-93-56-70-45-80(95-37-36-91-62-75-23-14-13-19-63(75)2)51-81(46-70)100-60-65-28-33-77(88)34-29-65)40-69(44-79)55-94-57-71-47-82(99-59-64-26-31-76(32-27-64)87(3,4)5)52-83(48-71)101-61-66-20-18-24-78(90)42-66/h13-16,18-34,40-52H,6-12,17,35-39,53-62H2,1-5H3. The second-order valence-electron chi connectivity index (χ2n) is 26.6. The molecule has 0 unspecified atom stereocenters.